The number of hydrogen-bond acceptors (Lipinski definition) is 3. The molecule has 84 valence electrons. The monoisotopic (exact) mass is 219 g/mol. The van der Waals surface area contributed by atoms with E-state index in [1.807, 2.05) is 0 Å². The molecule has 2 heterocycles. The van der Waals surface area contributed by atoms with E-state index >= 15 is 0 Å². The van der Waals surface area contributed by atoms with Crippen molar-refractivity contribution in [2.24, 2.45) is 4.99 Å². The molecule has 1 N–H and O–H groups in total. The second-order valence-electron chi connectivity index (χ2n) is 4.19. The third-order valence-electron chi connectivity index (χ3n) is 3.16. The van der Waals surface area contributed by atoms with E-state index in [-0.39, 0.29) is 0 Å². The lowest BCUT2D eigenvalue weighted by atomic mass is 9.95. The normalized spacial score (nSPS) is 27.1. The summed E-state index contributed by atoms with van der Waals surface area (Å²) in [7, 11) is 0. The fraction of sp³-hybridized carbons (Fsp3) is 0.500. The fourth-order valence-electron chi connectivity index (χ4n) is 2.34. The molecule has 1 aliphatic carbocycles. The number of nitrogens with zero attached hydrogens (tertiary/aromatic N) is 3. The third kappa shape index (κ3) is 1.45. The van der Waals surface area contributed by atoms with Crippen molar-refractivity contribution in [1.29, 1.82) is 0 Å². The zero-order valence-corrected chi connectivity index (χ0v) is 8.98. The van der Waals surface area contributed by atoms with E-state index in [2.05, 4.69) is 15.2 Å². The number of aliphatic imine (C=N–C) groups is 1. The molecular formula is C12H16N4. The van der Waals surface area contributed by atoms with Crippen molar-refractivity contribution in [2.45, 2.75) is 31.8 Å². The second kappa shape index (κ2) is 3.77. The number of aromatic amines is 1. The molecule has 1 aliphatic heterocycles. The van der Waals surface area contributed by atoms with E-state index in [9.17, 15) is 0 Å². The van der Waals surface area contributed by atoms with Gasteiger partial charge in [-0.1, -0.05) is 0 Å². The van der Waals surface area contributed by atoms with Crippen molar-refractivity contribution in [3.63, 3.8) is 0 Å². The molecule has 1 aromatic heterocycles. The average Bonchev–Trinajstić information content (AvgIpc) is 2.81. The average molecular weight is 219 g/mol. The van der Waals surface area contributed by atoms with Crippen LogP contribution in [0.1, 0.15) is 40.1 Å². The molecule has 2 aliphatic rings. The summed E-state index contributed by atoms with van der Waals surface area (Å²) in [6.45, 7) is -2.21. The van der Waals surface area contributed by atoms with Crippen molar-refractivity contribution in [1.82, 2.24) is 15.1 Å². The maximum Gasteiger partial charge on any atom is 0.165 e. The summed E-state index contributed by atoms with van der Waals surface area (Å²) in [5.41, 5.74) is 3.04. The van der Waals surface area contributed by atoms with Crippen LogP contribution in [0.3, 0.4) is 0 Å². The van der Waals surface area contributed by atoms with Crippen LogP contribution in [-0.2, 0) is 12.8 Å². The van der Waals surface area contributed by atoms with Gasteiger partial charge in [-0.15, -0.1) is 0 Å². The number of aryl methyl sites for hydroxylation is 1. The van der Waals surface area contributed by atoms with Crippen LogP contribution in [0, 0.1) is 0 Å². The molecule has 0 saturated heterocycles. The molecule has 4 heteroatoms. The molecule has 4 nitrogen and oxygen atoms in total. The quantitative estimate of drug-likeness (QED) is 0.783. The zero-order valence-electron chi connectivity index (χ0n) is 12.0. The highest BCUT2D eigenvalue weighted by molar-refractivity contribution is 5.72. The van der Waals surface area contributed by atoms with Gasteiger partial charge >= 0.3 is 0 Å². The van der Waals surface area contributed by atoms with Crippen LogP contribution >= 0.6 is 0 Å². The molecule has 0 amide bonds. The predicted octanol–water partition coefficient (Wildman–Crippen LogP) is 1.82. The molecule has 0 bridgehead atoms. The Morgan fingerprint density at radius 2 is 2.44 bits per heavy atom. The van der Waals surface area contributed by atoms with Crippen molar-refractivity contribution < 1.29 is 4.11 Å². The topological polar surface area (TPSA) is 44.3 Å². The summed E-state index contributed by atoms with van der Waals surface area (Å²) < 4.78 is 22.8. The Hall–Kier alpha value is -1.58. The Balaban J connectivity index is 1.98. The van der Waals surface area contributed by atoms with Gasteiger partial charge in [0, 0.05) is 34.8 Å². The van der Waals surface area contributed by atoms with E-state index in [4.69, 9.17) is 4.11 Å². The minimum absolute atomic E-state index is 0.546. The summed E-state index contributed by atoms with van der Waals surface area (Å²) >= 11 is 0. The number of fused-ring (bicyclic) bond motifs is 1. The molecule has 0 spiro atoms. The van der Waals surface area contributed by atoms with Gasteiger partial charge in [0.05, 0.1) is 0 Å². The summed E-state index contributed by atoms with van der Waals surface area (Å²) in [5, 5.41) is 7.36. The third-order valence-corrected chi connectivity index (χ3v) is 3.16. The van der Waals surface area contributed by atoms with Gasteiger partial charge in [0.2, 0.25) is 0 Å². The molecule has 1 aromatic rings. The molecule has 1 atom stereocenters. The summed E-state index contributed by atoms with van der Waals surface area (Å²) in [4.78, 5) is 5.59. The van der Waals surface area contributed by atoms with E-state index in [0.29, 0.717) is 0 Å². The van der Waals surface area contributed by atoms with Gasteiger partial charge in [-0.05, 0) is 31.8 Å². The van der Waals surface area contributed by atoms with Crippen LogP contribution in [0.15, 0.2) is 17.3 Å². The molecule has 0 radical (unpaired) electrons. The van der Waals surface area contributed by atoms with E-state index < -0.39 is 13.1 Å². The Morgan fingerprint density at radius 1 is 1.50 bits per heavy atom. The fourth-order valence-corrected chi connectivity index (χ4v) is 2.34. The number of H-pyrrole nitrogens is 1. The molecule has 0 aromatic carbocycles. The maximum atomic E-state index is 7.60. The smallest absolute Gasteiger partial charge is 0.165 e. The molecular weight excluding hydrogens is 200 g/mol. The number of rotatable bonds is 1. The first-order chi connectivity index (χ1) is 9.07. The second-order valence-corrected chi connectivity index (χ2v) is 4.19. The lowest BCUT2D eigenvalue weighted by molar-refractivity contribution is 0.336. The highest BCUT2D eigenvalue weighted by Gasteiger charge is 2.24. The maximum absolute atomic E-state index is 7.60. The standard InChI is InChI=1S/C12H16N4/c1-16-8-4-7-13-12(16)11-9-5-2-3-6-10(9)14-15-11/h4,7-8,12H,2-3,5-6H2,1H3,(H,14,15)/i1D3. The first-order valence-electron chi connectivity index (χ1n) is 7.12. The van der Waals surface area contributed by atoms with Gasteiger partial charge in [0.25, 0.3) is 0 Å². The summed E-state index contributed by atoms with van der Waals surface area (Å²) in [5.74, 6) is 0. The molecule has 3 rings (SSSR count). The SMILES string of the molecule is [2H]C([2H])([2H])N1C=CC=NC1c1n[nH]c2c1CCCC2. The molecule has 0 saturated carbocycles. The highest BCUT2D eigenvalue weighted by Crippen LogP contribution is 2.30. The van der Waals surface area contributed by atoms with Crippen LogP contribution in [0.2, 0.25) is 0 Å². The van der Waals surface area contributed by atoms with Crippen LogP contribution in [0.5, 0.6) is 0 Å². The molecule has 16 heavy (non-hydrogen) atoms. The van der Waals surface area contributed by atoms with Gasteiger partial charge in [-0.3, -0.25) is 10.1 Å². The van der Waals surface area contributed by atoms with Gasteiger partial charge in [-0.25, -0.2) is 0 Å². The number of hydrogen-bond donors (Lipinski definition) is 1. The van der Waals surface area contributed by atoms with Gasteiger partial charge < -0.3 is 4.90 Å². The van der Waals surface area contributed by atoms with E-state index in [1.54, 1.807) is 18.5 Å². The highest BCUT2D eigenvalue weighted by atomic mass is 15.3. The van der Waals surface area contributed by atoms with Crippen molar-refractivity contribution in [2.75, 3.05) is 6.98 Å². The Bertz CT molecular complexity index is 530. The largest absolute Gasteiger partial charge is 0.354 e. The summed E-state index contributed by atoms with van der Waals surface area (Å²) in [6, 6.07) is 0. The van der Waals surface area contributed by atoms with Gasteiger partial charge in [0.1, 0.15) is 5.69 Å². The number of allylic oxidation sites excluding steroid dienone is 1. The number of aromatic nitrogens is 2. The Labute approximate surface area is 99.3 Å². The molecule has 0 fully saturated rings. The number of nitrogens with one attached hydrogen (secondary N) is 1. The first-order valence-corrected chi connectivity index (χ1v) is 5.62. The lowest BCUT2D eigenvalue weighted by Crippen LogP contribution is -2.21. The van der Waals surface area contributed by atoms with Crippen LogP contribution in [0.4, 0.5) is 0 Å². The van der Waals surface area contributed by atoms with Crippen molar-refractivity contribution in [3.8, 4) is 0 Å². The van der Waals surface area contributed by atoms with Crippen LogP contribution in [-0.4, -0.2) is 28.3 Å². The molecule has 1 unspecified atom stereocenters. The Morgan fingerprint density at radius 3 is 3.38 bits per heavy atom. The van der Waals surface area contributed by atoms with Crippen molar-refractivity contribution >= 4 is 6.21 Å². The van der Waals surface area contributed by atoms with Gasteiger partial charge in [0.15, 0.2) is 6.17 Å². The summed E-state index contributed by atoms with van der Waals surface area (Å²) in [6.07, 6.45) is 8.52. The van der Waals surface area contributed by atoms with Gasteiger partial charge in [-0.2, -0.15) is 5.10 Å². The van der Waals surface area contributed by atoms with E-state index in [0.717, 1.165) is 42.6 Å². The Kier molecular flexibility index (Phi) is 1.62. The van der Waals surface area contributed by atoms with Crippen LogP contribution in [0.25, 0.3) is 0 Å². The minimum atomic E-state index is -2.21. The lowest BCUT2D eigenvalue weighted by Gasteiger charge is -2.25. The minimum Gasteiger partial charge on any atom is -0.354 e. The van der Waals surface area contributed by atoms with Crippen molar-refractivity contribution in [3.05, 3.63) is 29.2 Å². The first kappa shape index (κ1) is 6.89. The predicted molar refractivity (Wildman–Crippen MR) is 63.4 cm³/mol. The van der Waals surface area contributed by atoms with Crippen LogP contribution < -0.4 is 0 Å². The zero-order chi connectivity index (χ0) is 13.5. The van der Waals surface area contributed by atoms with E-state index in [1.165, 1.54) is 4.90 Å².